The topological polar surface area (TPSA) is 37.3 Å². The van der Waals surface area contributed by atoms with E-state index in [2.05, 4.69) is 20.8 Å². The molecule has 13 heavy (non-hydrogen) atoms. The fraction of sp³-hybridized carbons (Fsp3) is 1.00. The first-order valence-corrected chi connectivity index (χ1v) is 6.63. The summed E-state index contributed by atoms with van der Waals surface area (Å²) < 4.78 is 10.8. The quantitative estimate of drug-likeness (QED) is 0.643. The number of unbranched alkanes of at least 4 members (excludes halogenated alkanes) is 1. The molecular formula is C10H22O2P+. The minimum Gasteiger partial charge on any atom is -0.161 e. The summed E-state index contributed by atoms with van der Waals surface area (Å²) in [5.41, 5.74) is 0.123. The molecular weight excluding hydrogens is 183 g/mol. The summed E-state index contributed by atoms with van der Waals surface area (Å²) in [4.78, 5) is 8.96. The molecule has 0 aromatic heterocycles. The molecule has 0 fully saturated rings. The average Bonchev–Trinajstić information content (AvgIpc) is 2.12. The van der Waals surface area contributed by atoms with E-state index in [-0.39, 0.29) is 5.41 Å². The van der Waals surface area contributed by atoms with E-state index in [4.69, 9.17) is 4.89 Å². The zero-order valence-corrected chi connectivity index (χ0v) is 9.94. The molecule has 0 saturated heterocycles. The van der Waals surface area contributed by atoms with Crippen molar-refractivity contribution in [3.8, 4) is 0 Å². The second-order valence-corrected chi connectivity index (χ2v) is 4.84. The third kappa shape index (κ3) is 4.73. The van der Waals surface area contributed by atoms with Crippen LogP contribution in [0.2, 0.25) is 0 Å². The summed E-state index contributed by atoms with van der Waals surface area (Å²) >= 11 is 0. The Balaban J connectivity index is 4.21. The molecule has 1 unspecified atom stereocenters. The highest BCUT2D eigenvalue weighted by atomic mass is 31.1. The van der Waals surface area contributed by atoms with Crippen LogP contribution in [0.3, 0.4) is 0 Å². The Kier molecular flexibility index (Phi) is 6.53. The van der Waals surface area contributed by atoms with Gasteiger partial charge >= 0.3 is 8.03 Å². The smallest absolute Gasteiger partial charge is 0.161 e. The van der Waals surface area contributed by atoms with Crippen LogP contribution in [0.5, 0.6) is 0 Å². The SMILES string of the molecule is CCCCC(CC)(CC)C[P+](=O)O. The van der Waals surface area contributed by atoms with Crippen LogP contribution >= 0.6 is 8.03 Å². The van der Waals surface area contributed by atoms with Gasteiger partial charge in [-0.3, -0.25) is 0 Å². The van der Waals surface area contributed by atoms with Crippen molar-refractivity contribution >= 4 is 8.03 Å². The van der Waals surface area contributed by atoms with Gasteiger partial charge in [-0.05, 0) is 23.8 Å². The van der Waals surface area contributed by atoms with Crippen molar-refractivity contribution in [2.45, 2.75) is 52.9 Å². The standard InChI is InChI=1S/C10H21O2P/c1-4-7-8-10(5-2,6-3)9-13(11)12/h4-9H2,1-3H3/p+1. The molecule has 78 valence electrons. The van der Waals surface area contributed by atoms with E-state index in [1.165, 1.54) is 12.8 Å². The third-order valence-electron chi connectivity index (χ3n) is 3.03. The monoisotopic (exact) mass is 205 g/mol. The van der Waals surface area contributed by atoms with Crippen LogP contribution in [0, 0.1) is 5.41 Å². The van der Waals surface area contributed by atoms with Crippen molar-refractivity contribution in [3.05, 3.63) is 0 Å². The van der Waals surface area contributed by atoms with E-state index in [0.717, 1.165) is 19.3 Å². The van der Waals surface area contributed by atoms with Gasteiger partial charge in [0.25, 0.3) is 0 Å². The minimum atomic E-state index is -1.97. The Bertz CT molecular complexity index is 153. The molecule has 0 saturated carbocycles. The van der Waals surface area contributed by atoms with Gasteiger partial charge in [0.15, 0.2) is 6.16 Å². The van der Waals surface area contributed by atoms with Gasteiger partial charge in [0.2, 0.25) is 0 Å². The predicted octanol–water partition coefficient (Wildman–Crippen LogP) is 3.72. The van der Waals surface area contributed by atoms with Crippen molar-refractivity contribution in [3.63, 3.8) is 0 Å². The molecule has 1 N–H and O–H groups in total. The molecule has 0 bridgehead atoms. The van der Waals surface area contributed by atoms with Gasteiger partial charge in [-0.25, -0.2) is 0 Å². The van der Waals surface area contributed by atoms with Crippen molar-refractivity contribution in [2.24, 2.45) is 5.41 Å². The first-order valence-electron chi connectivity index (χ1n) is 5.23. The third-order valence-corrected chi connectivity index (χ3v) is 3.97. The van der Waals surface area contributed by atoms with Gasteiger partial charge < -0.3 is 0 Å². The summed E-state index contributed by atoms with van der Waals surface area (Å²) in [6, 6.07) is 0. The Morgan fingerprint density at radius 1 is 1.23 bits per heavy atom. The van der Waals surface area contributed by atoms with Gasteiger partial charge in [-0.1, -0.05) is 33.6 Å². The molecule has 0 aromatic carbocycles. The summed E-state index contributed by atoms with van der Waals surface area (Å²) in [5.74, 6) is 0. The lowest BCUT2D eigenvalue weighted by atomic mass is 9.80. The molecule has 0 aliphatic rings. The Hall–Kier alpha value is 0.0600. The molecule has 2 nitrogen and oxygen atoms in total. The Labute approximate surface area is 82.6 Å². The molecule has 0 aliphatic carbocycles. The molecule has 0 aromatic rings. The lowest BCUT2D eigenvalue weighted by Gasteiger charge is -2.26. The summed E-state index contributed by atoms with van der Waals surface area (Å²) in [6.45, 7) is 6.41. The van der Waals surface area contributed by atoms with E-state index in [9.17, 15) is 4.57 Å². The minimum absolute atomic E-state index is 0.123. The number of hydrogen-bond acceptors (Lipinski definition) is 1. The highest BCUT2D eigenvalue weighted by Crippen LogP contribution is 2.39. The van der Waals surface area contributed by atoms with Crippen LogP contribution < -0.4 is 0 Å². The first-order chi connectivity index (χ1) is 6.10. The zero-order valence-electron chi connectivity index (χ0n) is 9.05. The lowest BCUT2D eigenvalue weighted by Crippen LogP contribution is -2.21. The predicted molar refractivity (Wildman–Crippen MR) is 57.2 cm³/mol. The van der Waals surface area contributed by atoms with Gasteiger partial charge in [0, 0.05) is 5.41 Å². The highest BCUT2D eigenvalue weighted by Gasteiger charge is 2.34. The number of rotatable bonds is 7. The molecule has 0 rings (SSSR count). The fourth-order valence-corrected chi connectivity index (χ4v) is 2.92. The van der Waals surface area contributed by atoms with Gasteiger partial charge in [0.1, 0.15) is 0 Å². The maximum atomic E-state index is 10.8. The summed E-state index contributed by atoms with van der Waals surface area (Å²) in [5, 5.41) is 0. The van der Waals surface area contributed by atoms with E-state index in [1.54, 1.807) is 0 Å². The molecule has 0 spiro atoms. The van der Waals surface area contributed by atoms with E-state index >= 15 is 0 Å². The Morgan fingerprint density at radius 2 is 1.77 bits per heavy atom. The molecule has 0 heterocycles. The molecule has 1 atom stereocenters. The summed E-state index contributed by atoms with van der Waals surface area (Å²) in [7, 11) is -1.97. The number of hydrogen-bond donors (Lipinski definition) is 1. The first kappa shape index (κ1) is 13.1. The molecule has 0 aliphatic heterocycles. The van der Waals surface area contributed by atoms with E-state index < -0.39 is 8.03 Å². The second kappa shape index (κ2) is 6.50. The largest absolute Gasteiger partial charge is 0.506 e. The fourth-order valence-electron chi connectivity index (χ4n) is 1.74. The average molecular weight is 205 g/mol. The van der Waals surface area contributed by atoms with Crippen LogP contribution in [0.1, 0.15) is 52.9 Å². The molecule has 0 amide bonds. The maximum absolute atomic E-state index is 10.8. The second-order valence-electron chi connectivity index (χ2n) is 3.82. The van der Waals surface area contributed by atoms with Crippen molar-refractivity contribution in [1.29, 1.82) is 0 Å². The Morgan fingerprint density at radius 3 is 2.08 bits per heavy atom. The lowest BCUT2D eigenvalue weighted by molar-refractivity contribution is 0.263. The van der Waals surface area contributed by atoms with Crippen LogP contribution in [0.25, 0.3) is 0 Å². The molecule has 0 radical (unpaired) electrons. The van der Waals surface area contributed by atoms with Crippen LogP contribution in [-0.4, -0.2) is 11.1 Å². The van der Waals surface area contributed by atoms with E-state index in [0.29, 0.717) is 6.16 Å². The van der Waals surface area contributed by atoms with Crippen LogP contribution in [0.15, 0.2) is 0 Å². The van der Waals surface area contributed by atoms with Gasteiger partial charge in [-0.2, -0.15) is 4.89 Å². The van der Waals surface area contributed by atoms with Crippen molar-refractivity contribution in [1.82, 2.24) is 0 Å². The van der Waals surface area contributed by atoms with Gasteiger partial charge in [-0.15, -0.1) is 0 Å². The van der Waals surface area contributed by atoms with Gasteiger partial charge in [0.05, 0.1) is 0 Å². The molecule has 3 heteroatoms. The summed E-state index contributed by atoms with van der Waals surface area (Å²) in [6.07, 6.45) is 5.96. The van der Waals surface area contributed by atoms with Crippen molar-refractivity contribution < 1.29 is 9.46 Å². The highest BCUT2D eigenvalue weighted by molar-refractivity contribution is 7.38. The normalized spacial score (nSPS) is 13.1. The van der Waals surface area contributed by atoms with Crippen molar-refractivity contribution in [2.75, 3.05) is 6.16 Å². The maximum Gasteiger partial charge on any atom is 0.506 e. The van der Waals surface area contributed by atoms with Crippen LogP contribution in [-0.2, 0) is 4.57 Å². The zero-order chi connectivity index (χ0) is 10.3. The van der Waals surface area contributed by atoms with E-state index in [1.807, 2.05) is 0 Å². The van der Waals surface area contributed by atoms with Crippen LogP contribution in [0.4, 0.5) is 0 Å².